The van der Waals surface area contributed by atoms with Crippen LogP contribution in [0.5, 0.6) is 0 Å². The van der Waals surface area contributed by atoms with Crippen molar-refractivity contribution < 1.29 is 0 Å². The molecule has 2 unspecified atom stereocenters. The highest BCUT2D eigenvalue weighted by molar-refractivity contribution is 4.99. The van der Waals surface area contributed by atoms with Crippen LogP contribution < -0.4 is 0 Å². The second kappa shape index (κ2) is 9.09. The van der Waals surface area contributed by atoms with Crippen LogP contribution in [0.15, 0.2) is 0 Å². The van der Waals surface area contributed by atoms with Gasteiger partial charge in [-0.25, -0.2) is 0 Å². The summed E-state index contributed by atoms with van der Waals surface area (Å²) in [7, 11) is 0. The fourth-order valence-electron chi connectivity index (χ4n) is 6.12. The van der Waals surface area contributed by atoms with Gasteiger partial charge in [0.05, 0.1) is 0 Å². The summed E-state index contributed by atoms with van der Waals surface area (Å²) in [6.45, 7) is 19.7. The molecule has 0 aliphatic heterocycles. The predicted octanol–water partition coefficient (Wildman–Crippen LogP) is 8.64. The van der Waals surface area contributed by atoms with Gasteiger partial charge in [0, 0.05) is 0 Å². The molecule has 1 rings (SSSR count). The van der Waals surface area contributed by atoms with Crippen molar-refractivity contribution in [2.24, 2.45) is 28.1 Å². The Bertz CT molecular complexity index is 341. The summed E-state index contributed by atoms with van der Waals surface area (Å²) in [5, 5.41) is 0. The fraction of sp³-hybridized carbons (Fsp3) is 1.00. The van der Waals surface area contributed by atoms with Gasteiger partial charge >= 0.3 is 0 Å². The van der Waals surface area contributed by atoms with Gasteiger partial charge in [-0.1, -0.05) is 87.5 Å². The summed E-state index contributed by atoms with van der Waals surface area (Å²) in [6, 6.07) is 0. The molecular weight excluding hydrogens is 288 g/mol. The van der Waals surface area contributed by atoms with E-state index in [0.717, 1.165) is 11.8 Å². The first-order valence-electron chi connectivity index (χ1n) is 11.3. The van der Waals surface area contributed by atoms with Crippen LogP contribution in [0.1, 0.15) is 126 Å². The lowest BCUT2D eigenvalue weighted by Gasteiger charge is -2.52. The van der Waals surface area contributed by atoms with Gasteiger partial charge in [0.2, 0.25) is 0 Å². The SMILES string of the molecule is CCC(C)(CC)CCC1CCC(C(CC)(CC)C(C)(CC)CC)C1. The monoisotopic (exact) mass is 336 g/mol. The maximum atomic E-state index is 2.60. The third-order valence-corrected chi connectivity index (χ3v) is 9.21. The van der Waals surface area contributed by atoms with Gasteiger partial charge in [-0.3, -0.25) is 0 Å². The lowest BCUT2D eigenvalue weighted by Crippen LogP contribution is -2.43. The van der Waals surface area contributed by atoms with Crippen LogP contribution in [0.4, 0.5) is 0 Å². The molecule has 0 amide bonds. The maximum absolute atomic E-state index is 2.60. The van der Waals surface area contributed by atoms with Gasteiger partial charge in [-0.15, -0.1) is 0 Å². The molecule has 0 spiro atoms. The van der Waals surface area contributed by atoms with Gasteiger partial charge in [-0.2, -0.15) is 0 Å². The van der Waals surface area contributed by atoms with E-state index in [9.17, 15) is 0 Å². The standard InChI is InChI=1S/C24H48/c1-9-22(7,10-2)18-17-20-15-16-21(19-20)24(13-5,14-6)23(8,11-3)12-4/h20-21H,9-19H2,1-8H3. The average Bonchev–Trinajstić information content (AvgIpc) is 3.10. The molecule has 0 heteroatoms. The van der Waals surface area contributed by atoms with Gasteiger partial charge < -0.3 is 0 Å². The lowest BCUT2D eigenvalue weighted by atomic mass is 9.53. The molecule has 1 fully saturated rings. The first-order valence-corrected chi connectivity index (χ1v) is 11.3. The molecule has 0 aromatic carbocycles. The van der Waals surface area contributed by atoms with Crippen LogP contribution in [0, 0.1) is 28.1 Å². The van der Waals surface area contributed by atoms with E-state index in [1.165, 1.54) is 70.6 Å². The number of hydrogen-bond acceptors (Lipinski definition) is 0. The molecule has 0 aromatic rings. The topological polar surface area (TPSA) is 0 Å². The summed E-state index contributed by atoms with van der Waals surface area (Å²) >= 11 is 0. The lowest BCUT2D eigenvalue weighted by molar-refractivity contribution is -0.0274. The van der Waals surface area contributed by atoms with Crippen LogP contribution in [0.3, 0.4) is 0 Å². The highest BCUT2D eigenvalue weighted by atomic mass is 14.5. The summed E-state index contributed by atoms with van der Waals surface area (Å²) in [6.07, 6.45) is 15.6. The van der Waals surface area contributed by atoms with E-state index in [1.807, 2.05) is 0 Å². The van der Waals surface area contributed by atoms with E-state index in [-0.39, 0.29) is 0 Å². The normalized spacial score (nSPS) is 23.0. The van der Waals surface area contributed by atoms with E-state index >= 15 is 0 Å². The van der Waals surface area contributed by atoms with Crippen molar-refractivity contribution in [2.75, 3.05) is 0 Å². The third kappa shape index (κ3) is 4.21. The fourth-order valence-corrected chi connectivity index (χ4v) is 6.12. The van der Waals surface area contributed by atoms with E-state index in [0.29, 0.717) is 16.2 Å². The van der Waals surface area contributed by atoms with Crippen LogP contribution in [-0.2, 0) is 0 Å². The Morgan fingerprint density at radius 1 is 0.708 bits per heavy atom. The van der Waals surface area contributed by atoms with Crippen LogP contribution in [-0.4, -0.2) is 0 Å². The molecule has 0 nitrogen and oxygen atoms in total. The molecule has 0 saturated heterocycles. The average molecular weight is 337 g/mol. The van der Waals surface area contributed by atoms with Crippen molar-refractivity contribution in [3.8, 4) is 0 Å². The van der Waals surface area contributed by atoms with E-state index in [1.54, 1.807) is 0 Å². The van der Waals surface area contributed by atoms with Crippen LogP contribution >= 0.6 is 0 Å². The molecule has 0 heterocycles. The molecule has 24 heavy (non-hydrogen) atoms. The largest absolute Gasteiger partial charge is 0.0649 e. The minimum absolute atomic E-state index is 0.525. The Labute approximate surface area is 154 Å². The summed E-state index contributed by atoms with van der Waals surface area (Å²) in [4.78, 5) is 0. The highest BCUT2D eigenvalue weighted by Crippen LogP contribution is 2.59. The first kappa shape index (κ1) is 22.0. The van der Waals surface area contributed by atoms with Gasteiger partial charge in [0.25, 0.3) is 0 Å². The van der Waals surface area contributed by atoms with Crippen molar-refractivity contribution in [3.63, 3.8) is 0 Å². The second-order valence-corrected chi connectivity index (χ2v) is 9.56. The predicted molar refractivity (Wildman–Crippen MR) is 110 cm³/mol. The van der Waals surface area contributed by atoms with Gasteiger partial charge in [0.15, 0.2) is 0 Å². The molecule has 0 bridgehead atoms. The van der Waals surface area contributed by atoms with Crippen LogP contribution in [0.2, 0.25) is 0 Å². The smallest absolute Gasteiger partial charge is 0.0221 e. The molecule has 144 valence electrons. The van der Waals surface area contributed by atoms with E-state index in [2.05, 4.69) is 55.4 Å². The Morgan fingerprint density at radius 2 is 1.25 bits per heavy atom. The summed E-state index contributed by atoms with van der Waals surface area (Å²) in [5.41, 5.74) is 1.69. The zero-order valence-corrected chi connectivity index (χ0v) is 18.4. The molecule has 1 saturated carbocycles. The minimum Gasteiger partial charge on any atom is -0.0649 e. The minimum atomic E-state index is 0.525. The molecular formula is C24H48. The summed E-state index contributed by atoms with van der Waals surface area (Å²) < 4.78 is 0. The quantitative estimate of drug-likeness (QED) is 0.354. The van der Waals surface area contributed by atoms with Crippen molar-refractivity contribution >= 4 is 0 Å². The zero-order chi connectivity index (χ0) is 18.4. The van der Waals surface area contributed by atoms with Gasteiger partial charge in [0.1, 0.15) is 0 Å². The zero-order valence-electron chi connectivity index (χ0n) is 18.4. The molecule has 0 N–H and O–H groups in total. The van der Waals surface area contributed by atoms with Crippen molar-refractivity contribution in [2.45, 2.75) is 126 Å². The van der Waals surface area contributed by atoms with E-state index < -0.39 is 0 Å². The van der Waals surface area contributed by atoms with Crippen molar-refractivity contribution in [1.82, 2.24) is 0 Å². The maximum Gasteiger partial charge on any atom is -0.0221 e. The summed E-state index contributed by atoms with van der Waals surface area (Å²) in [5.74, 6) is 1.97. The van der Waals surface area contributed by atoms with Gasteiger partial charge in [-0.05, 0) is 66.6 Å². The number of rotatable bonds is 11. The first-order chi connectivity index (χ1) is 11.3. The highest BCUT2D eigenvalue weighted by Gasteiger charge is 2.50. The van der Waals surface area contributed by atoms with Crippen molar-refractivity contribution in [3.05, 3.63) is 0 Å². The Morgan fingerprint density at radius 3 is 1.67 bits per heavy atom. The Balaban J connectivity index is 2.81. The van der Waals surface area contributed by atoms with Crippen LogP contribution in [0.25, 0.3) is 0 Å². The molecule has 0 aromatic heterocycles. The third-order valence-electron chi connectivity index (χ3n) is 9.21. The Kier molecular flexibility index (Phi) is 8.35. The molecule has 1 aliphatic carbocycles. The molecule has 0 radical (unpaired) electrons. The molecule has 1 aliphatic rings. The van der Waals surface area contributed by atoms with Crippen molar-refractivity contribution in [1.29, 1.82) is 0 Å². The second-order valence-electron chi connectivity index (χ2n) is 9.56. The Hall–Kier alpha value is 0. The van der Waals surface area contributed by atoms with E-state index in [4.69, 9.17) is 0 Å². The molecule has 2 atom stereocenters. The number of hydrogen-bond donors (Lipinski definition) is 0.